The first-order valence-corrected chi connectivity index (χ1v) is 11.2. The van der Waals surface area contributed by atoms with E-state index < -0.39 is 0 Å². The normalized spacial score (nSPS) is 11.1. The van der Waals surface area contributed by atoms with Gasteiger partial charge in [0.1, 0.15) is 0 Å². The van der Waals surface area contributed by atoms with Gasteiger partial charge in [0.2, 0.25) is 5.13 Å². The Morgan fingerprint density at radius 1 is 1.03 bits per heavy atom. The second-order valence-electron chi connectivity index (χ2n) is 7.05. The SMILES string of the molecule is CCCCOc1ccc(/C=N\Nc2nc(-c3ccc(C)c(C)c3)cs2)cc1OCC. The van der Waals surface area contributed by atoms with Crippen LogP contribution in [0.15, 0.2) is 46.9 Å². The van der Waals surface area contributed by atoms with Gasteiger partial charge in [-0.15, -0.1) is 11.3 Å². The number of hydrogen-bond donors (Lipinski definition) is 1. The van der Waals surface area contributed by atoms with Gasteiger partial charge in [0.05, 0.1) is 25.1 Å². The zero-order valence-electron chi connectivity index (χ0n) is 18.1. The molecule has 1 heterocycles. The number of hydrazone groups is 1. The van der Waals surface area contributed by atoms with Crippen LogP contribution in [0.4, 0.5) is 5.13 Å². The van der Waals surface area contributed by atoms with Gasteiger partial charge in [0.25, 0.3) is 0 Å². The number of nitrogens with one attached hydrogen (secondary N) is 1. The van der Waals surface area contributed by atoms with Crippen LogP contribution in [0.3, 0.4) is 0 Å². The number of nitrogens with zero attached hydrogens (tertiary/aromatic N) is 2. The summed E-state index contributed by atoms with van der Waals surface area (Å²) in [5, 5.41) is 7.13. The average molecular weight is 424 g/mol. The van der Waals surface area contributed by atoms with Crippen molar-refractivity contribution in [2.45, 2.75) is 40.5 Å². The summed E-state index contributed by atoms with van der Waals surface area (Å²) < 4.78 is 11.6. The zero-order valence-corrected chi connectivity index (χ0v) is 18.9. The third kappa shape index (κ3) is 5.83. The number of anilines is 1. The Kier molecular flexibility index (Phi) is 7.85. The van der Waals surface area contributed by atoms with Crippen molar-refractivity contribution in [3.05, 3.63) is 58.5 Å². The zero-order chi connectivity index (χ0) is 21.3. The van der Waals surface area contributed by atoms with Crippen LogP contribution in [0.5, 0.6) is 11.5 Å². The second kappa shape index (κ2) is 10.8. The first kappa shape index (κ1) is 21.8. The molecule has 0 saturated heterocycles. The molecule has 0 bridgehead atoms. The Bertz CT molecular complexity index is 998. The third-order valence-electron chi connectivity index (χ3n) is 4.70. The Morgan fingerprint density at radius 2 is 1.90 bits per heavy atom. The average Bonchev–Trinajstić information content (AvgIpc) is 3.21. The molecule has 1 N–H and O–H groups in total. The maximum atomic E-state index is 5.83. The molecule has 0 fully saturated rings. The number of rotatable bonds is 10. The number of aryl methyl sites for hydroxylation is 2. The molecule has 2 aromatic carbocycles. The quantitative estimate of drug-likeness (QED) is 0.231. The van der Waals surface area contributed by atoms with E-state index in [0.29, 0.717) is 13.2 Å². The van der Waals surface area contributed by atoms with Crippen LogP contribution in [0.25, 0.3) is 11.3 Å². The fraction of sp³-hybridized carbons (Fsp3) is 0.333. The minimum Gasteiger partial charge on any atom is -0.490 e. The highest BCUT2D eigenvalue weighted by Crippen LogP contribution is 2.29. The molecule has 0 spiro atoms. The summed E-state index contributed by atoms with van der Waals surface area (Å²) in [6.45, 7) is 9.62. The fourth-order valence-electron chi connectivity index (χ4n) is 2.84. The van der Waals surface area contributed by atoms with Crippen molar-refractivity contribution in [2.24, 2.45) is 5.10 Å². The number of thiazole rings is 1. The smallest absolute Gasteiger partial charge is 0.203 e. The van der Waals surface area contributed by atoms with E-state index in [4.69, 9.17) is 9.47 Å². The first-order valence-electron chi connectivity index (χ1n) is 10.3. The second-order valence-corrected chi connectivity index (χ2v) is 7.91. The monoisotopic (exact) mass is 423 g/mol. The summed E-state index contributed by atoms with van der Waals surface area (Å²) in [4.78, 5) is 4.63. The van der Waals surface area contributed by atoms with Crippen molar-refractivity contribution in [1.29, 1.82) is 0 Å². The van der Waals surface area contributed by atoms with Crippen molar-refractivity contribution in [3.8, 4) is 22.8 Å². The number of ether oxygens (including phenoxy) is 2. The van der Waals surface area contributed by atoms with Crippen molar-refractivity contribution in [1.82, 2.24) is 4.98 Å². The Balaban J connectivity index is 1.65. The molecule has 0 aliphatic rings. The molecule has 1 aromatic heterocycles. The molecule has 3 aromatic rings. The van der Waals surface area contributed by atoms with E-state index in [2.05, 4.69) is 54.5 Å². The summed E-state index contributed by atoms with van der Waals surface area (Å²) in [5.41, 5.74) is 8.57. The summed E-state index contributed by atoms with van der Waals surface area (Å²) in [6, 6.07) is 12.2. The lowest BCUT2D eigenvalue weighted by Crippen LogP contribution is -2.01. The van der Waals surface area contributed by atoms with Crippen molar-refractivity contribution < 1.29 is 9.47 Å². The van der Waals surface area contributed by atoms with Crippen molar-refractivity contribution >= 4 is 22.7 Å². The summed E-state index contributed by atoms with van der Waals surface area (Å²) >= 11 is 1.53. The molecule has 0 atom stereocenters. The molecule has 0 amide bonds. The maximum Gasteiger partial charge on any atom is 0.203 e. The molecule has 0 aliphatic carbocycles. The predicted octanol–water partition coefficient (Wildman–Crippen LogP) is 6.45. The highest BCUT2D eigenvalue weighted by atomic mass is 32.1. The number of hydrogen-bond acceptors (Lipinski definition) is 6. The maximum absolute atomic E-state index is 5.83. The molecule has 158 valence electrons. The van der Waals surface area contributed by atoms with E-state index >= 15 is 0 Å². The lowest BCUT2D eigenvalue weighted by molar-refractivity contribution is 0.272. The van der Waals surface area contributed by atoms with Crippen LogP contribution in [0.2, 0.25) is 0 Å². The van der Waals surface area contributed by atoms with E-state index in [-0.39, 0.29) is 0 Å². The van der Waals surface area contributed by atoms with Crippen molar-refractivity contribution in [3.63, 3.8) is 0 Å². The van der Waals surface area contributed by atoms with Gasteiger partial charge in [0, 0.05) is 10.9 Å². The Labute approximate surface area is 182 Å². The Hall–Kier alpha value is -2.86. The molecule has 30 heavy (non-hydrogen) atoms. The number of aromatic nitrogens is 1. The van der Waals surface area contributed by atoms with Crippen LogP contribution < -0.4 is 14.9 Å². The van der Waals surface area contributed by atoms with Crippen LogP contribution in [-0.4, -0.2) is 24.4 Å². The molecular weight excluding hydrogens is 394 g/mol. The third-order valence-corrected chi connectivity index (χ3v) is 5.45. The van der Waals surface area contributed by atoms with Gasteiger partial charge in [-0.3, -0.25) is 5.43 Å². The van der Waals surface area contributed by atoms with Crippen LogP contribution in [-0.2, 0) is 0 Å². The van der Waals surface area contributed by atoms with Crippen LogP contribution in [0, 0.1) is 13.8 Å². The molecule has 5 nitrogen and oxygen atoms in total. The lowest BCUT2D eigenvalue weighted by atomic mass is 10.1. The largest absolute Gasteiger partial charge is 0.490 e. The molecule has 6 heteroatoms. The van der Waals surface area contributed by atoms with Gasteiger partial charge < -0.3 is 9.47 Å². The van der Waals surface area contributed by atoms with Crippen LogP contribution in [0.1, 0.15) is 43.4 Å². The van der Waals surface area contributed by atoms with Gasteiger partial charge in [-0.2, -0.15) is 5.10 Å². The molecule has 0 saturated carbocycles. The van der Waals surface area contributed by atoms with Gasteiger partial charge in [-0.1, -0.05) is 25.5 Å². The summed E-state index contributed by atoms with van der Waals surface area (Å²) in [6.07, 6.45) is 3.88. The van der Waals surface area contributed by atoms with E-state index in [1.165, 1.54) is 22.5 Å². The number of benzene rings is 2. The highest BCUT2D eigenvalue weighted by Gasteiger charge is 2.07. The van der Waals surface area contributed by atoms with Gasteiger partial charge in [0.15, 0.2) is 11.5 Å². The first-order chi connectivity index (χ1) is 14.6. The van der Waals surface area contributed by atoms with Gasteiger partial charge in [-0.05, 0) is 68.1 Å². The van der Waals surface area contributed by atoms with E-state index in [9.17, 15) is 0 Å². The Morgan fingerprint density at radius 3 is 2.67 bits per heavy atom. The molecule has 0 aliphatic heterocycles. The van der Waals surface area contributed by atoms with E-state index in [1.54, 1.807) is 6.21 Å². The standard InChI is InChI=1S/C24H29N3O2S/c1-5-7-12-29-22-11-9-19(14-23(22)28-6-2)15-25-27-24-26-21(16-30-24)20-10-8-17(3)18(4)13-20/h8-11,13-16H,5-7,12H2,1-4H3,(H,26,27)/b25-15-. The topological polar surface area (TPSA) is 55.7 Å². The van der Waals surface area contributed by atoms with E-state index in [1.807, 2.05) is 30.5 Å². The lowest BCUT2D eigenvalue weighted by Gasteiger charge is -2.12. The van der Waals surface area contributed by atoms with Gasteiger partial charge >= 0.3 is 0 Å². The van der Waals surface area contributed by atoms with E-state index in [0.717, 1.165) is 46.3 Å². The minimum absolute atomic E-state index is 0.587. The molecular formula is C24H29N3O2S. The molecule has 0 unspecified atom stereocenters. The fourth-order valence-corrected chi connectivity index (χ4v) is 3.51. The molecule has 0 radical (unpaired) electrons. The highest BCUT2D eigenvalue weighted by molar-refractivity contribution is 7.14. The minimum atomic E-state index is 0.587. The molecule has 3 rings (SSSR count). The summed E-state index contributed by atoms with van der Waals surface area (Å²) in [5.74, 6) is 1.51. The summed E-state index contributed by atoms with van der Waals surface area (Å²) in [7, 11) is 0. The van der Waals surface area contributed by atoms with Crippen molar-refractivity contribution in [2.75, 3.05) is 18.6 Å². The van der Waals surface area contributed by atoms with Gasteiger partial charge in [-0.25, -0.2) is 4.98 Å². The van der Waals surface area contributed by atoms with Crippen LogP contribution >= 0.6 is 11.3 Å². The number of unbranched alkanes of at least 4 members (excludes halogenated alkanes) is 1. The predicted molar refractivity (Wildman–Crippen MR) is 126 cm³/mol.